The summed E-state index contributed by atoms with van der Waals surface area (Å²) in [6.07, 6.45) is -2.05. The zero-order valence-electron chi connectivity index (χ0n) is 15.6. The minimum Gasteiger partial charge on any atom is -0.449 e. The molecule has 1 amide bonds. The molecule has 9 nitrogen and oxygen atoms in total. The molecule has 7 atom stereocenters. The van der Waals surface area contributed by atoms with Gasteiger partial charge in [0.05, 0.1) is 29.1 Å². The van der Waals surface area contributed by atoms with Crippen LogP contribution in [0.2, 0.25) is 0 Å². The van der Waals surface area contributed by atoms with E-state index in [4.69, 9.17) is 9.84 Å². The van der Waals surface area contributed by atoms with Gasteiger partial charge in [-0.1, -0.05) is 6.92 Å². The number of ether oxygens (including phenoxy) is 1. The van der Waals surface area contributed by atoms with Gasteiger partial charge in [-0.05, 0) is 20.4 Å². The molecule has 3 aliphatic rings. The number of amides is 1. The van der Waals surface area contributed by atoms with Crippen LogP contribution in [0.15, 0.2) is 10.8 Å². The molecule has 3 aliphatic heterocycles. The zero-order valence-corrected chi connectivity index (χ0v) is 16.4. The molecular formula is C17H27N3O6S. The Kier molecular flexibility index (Phi) is 6.02. The molecule has 0 aromatic rings. The van der Waals surface area contributed by atoms with E-state index in [1.807, 2.05) is 6.92 Å². The molecule has 27 heavy (non-hydrogen) atoms. The molecule has 0 aromatic carbocycles. The second-order valence-corrected chi connectivity index (χ2v) is 8.75. The van der Waals surface area contributed by atoms with Crippen LogP contribution in [0.4, 0.5) is 4.79 Å². The van der Waals surface area contributed by atoms with Crippen molar-refractivity contribution in [2.75, 3.05) is 20.1 Å². The first-order valence-electron chi connectivity index (χ1n) is 9.15. The summed E-state index contributed by atoms with van der Waals surface area (Å²) in [5.74, 6) is -0.896. The Hall–Kier alpha value is -1.33. The van der Waals surface area contributed by atoms with Crippen molar-refractivity contribution in [1.29, 1.82) is 0 Å². The largest absolute Gasteiger partial charge is 0.512 e. The summed E-state index contributed by atoms with van der Waals surface area (Å²) in [6.45, 7) is 4.66. The van der Waals surface area contributed by atoms with E-state index in [-0.39, 0.29) is 35.0 Å². The predicted molar refractivity (Wildman–Crippen MR) is 98.8 cm³/mol. The van der Waals surface area contributed by atoms with Crippen LogP contribution >= 0.6 is 11.8 Å². The van der Waals surface area contributed by atoms with Crippen molar-refractivity contribution < 1.29 is 29.6 Å². The molecule has 0 aliphatic carbocycles. The molecule has 3 heterocycles. The van der Waals surface area contributed by atoms with Gasteiger partial charge in [0.2, 0.25) is 11.8 Å². The third kappa shape index (κ3) is 3.68. The number of hydrogen-bond donors (Lipinski definition) is 5. The topological polar surface area (TPSA) is 131 Å². The molecule has 0 aromatic heterocycles. The molecule has 0 radical (unpaired) electrons. The van der Waals surface area contributed by atoms with E-state index < -0.39 is 24.3 Å². The minimum atomic E-state index is -1.46. The average molecular weight is 401 g/mol. The molecule has 0 bridgehead atoms. The van der Waals surface area contributed by atoms with Gasteiger partial charge >= 0.3 is 6.16 Å². The van der Waals surface area contributed by atoms with Crippen LogP contribution in [0.3, 0.4) is 0 Å². The first-order valence-corrected chi connectivity index (χ1v) is 10.0. The molecule has 10 heteroatoms. The number of fused-ring (bicyclic) bond motifs is 1. The van der Waals surface area contributed by atoms with Crippen molar-refractivity contribution in [3.05, 3.63) is 10.8 Å². The fourth-order valence-corrected chi connectivity index (χ4v) is 5.69. The number of hydrogen-bond acceptors (Lipinski definition) is 8. The Morgan fingerprint density at radius 2 is 2.19 bits per heavy atom. The summed E-state index contributed by atoms with van der Waals surface area (Å²) in [5, 5.41) is 35.5. The number of aliphatic hydroxyl groups is 2. The van der Waals surface area contributed by atoms with Crippen LogP contribution in [-0.2, 0) is 9.53 Å². The van der Waals surface area contributed by atoms with Gasteiger partial charge in [0.25, 0.3) is 0 Å². The Morgan fingerprint density at radius 1 is 1.48 bits per heavy atom. The third-order valence-electron chi connectivity index (χ3n) is 5.54. The molecule has 2 fully saturated rings. The maximum atomic E-state index is 12.4. The highest BCUT2D eigenvalue weighted by atomic mass is 32.2. The normalized spacial score (nSPS) is 35.1. The molecule has 152 valence electrons. The van der Waals surface area contributed by atoms with Crippen molar-refractivity contribution >= 4 is 23.8 Å². The van der Waals surface area contributed by atoms with E-state index in [1.165, 1.54) is 16.7 Å². The highest BCUT2D eigenvalue weighted by Gasteiger charge is 2.60. The smallest absolute Gasteiger partial charge is 0.449 e. The number of nitrogens with one attached hydrogen (secondary N) is 2. The average Bonchev–Trinajstić information content (AvgIpc) is 3.11. The Labute approximate surface area is 162 Å². The summed E-state index contributed by atoms with van der Waals surface area (Å²) in [6, 6.07) is -0.325. The van der Waals surface area contributed by atoms with E-state index in [1.54, 1.807) is 14.0 Å². The van der Waals surface area contributed by atoms with E-state index in [0.717, 1.165) is 11.3 Å². The van der Waals surface area contributed by atoms with E-state index >= 15 is 0 Å². The fourth-order valence-electron chi connectivity index (χ4n) is 4.25. The summed E-state index contributed by atoms with van der Waals surface area (Å²) in [7, 11) is 1.78. The zero-order chi connectivity index (χ0) is 19.9. The first-order chi connectivity index (χ1) is 12.8. The number of thioether (sulfide) groups is 1. The van der Waals surface area contributed by atoms with E-state index in [9.17, 15) is 19.8 Å². The minimum absolute atomic E-state index is 0.0417. The number of carboxylic acid groups (broad SMARTS) is 1. The Morgan fingerprint density at radius 3 is 2.78 bits per heavy atom. The van der Waals surface area contributed by atoms with Gasteiger partial charge < -0.3 is 30.7 Å². The number of β-lactam (4-membered cyclic amide) rings is 1. The van der Waals surface area contributed by atoms with Gasteiger partial charge in [0.15, 0.2) is 0 Å². The van der Waals surface area contributed by atoms with Gasteiger partial charge in [-0.25, -0.2) is 4.79 Å². The number of rotatable bonds is 7. The molecule has 3 rings (SSSR count). The maximum absolute atomic E-state index is 12.4. The summed E-state index contributed by atoms with van der Waals surface area (Å²) in [5.41, 5.74) is 0. The van der Waals surface area contributed by atoms with Crippen LogP contribution in [0.25, 0.3) is 0 Å². The summed E-state index contributed by atoms with van der Waals surface area (Å²) >= 11 is 1.50. The van der Waals surface area contributed by atoms with Gasteiger partial charge in [0.1, 0.15) is 0 Å². The quantitative estimate of drug-likeness (QED) is 0.289. The number of nitrogens with zero attached hydrogens (tertiary/aromatic N) is 1. The number of aliphatic hydroxyl groups excluding tert-OH is 2. The number of likely N-dealkylation sites (N-methyl/N-ethyl adjacent to an activating group) is 1. The summed E-state index contributed by atoms with van der Waals surface area (Å²) < 4.78 is 4.97. The fraction of sp³-hybridized carbons (Fsp3) is 0.765. The number of carbonyl (C=O) groups excluding carboxylic acids is 1. The van der Waals surface area contributed by atoms with Gasteiger partial charge in [-0.2, -0.15) is 0 Å². The van der Waals surface area contributed by atoms with Crippen LogP contribution < -0.4 is 10.6 Å². The van der Waals surface area contributed by atoms with Gasteiger partial charge in [-0.3, -0.25) is 9.69 Å². The van der Waals surface area contributed by atoms with Crippen molar-refractivity contribution in [2.24, 2.45) is 11.8 Å². The number of carbonyl (C=O) groups is 2. The standard InChI is InChI=1S/C17H27N3O6S/c1-7-13-12(8(2)21)15(23)20(13)16(26-17(24)25)14(7)27-9-4-10(19-5-9)11(22)6-18-3/h7-13,18-19,21-22H,4-6H2,1-3H3,(H,24,25)/t7-,8-,9+,10+,11+,12-,13+/m1/s1. The van der Waals surface area contributed by atoms with Gasteiger partial charge in [-0.15, -0.1) is 11.8 Å². The van der Waals surface area contributed by atoms with Crippen molar-refractivity contribution in [2.45, 2.75) is 49.8 Å². The van der Waals surface area contributed by atoms with Crippen LogP contribution in [0.1, 0.15) is 20.3 Å². The monoisotopic (exact) mass is 401 g/mol. The maximum Gasteiger partial charge on any atom is 0.512 e. The van der Waals surface area contributed by atoms with Crippen LogP contribution in [0.5, 0.6) is 0 Å². The lowest BCUT2D eigenvalue weighted by Gasteiger charge is -2.45. The van der Waals surface area contributed by atoms with Crippen LogP contribution in [0, 0.1) is 11.8 Å². The second-order valence-electron chi connectivity index (χ2n) is 7.41. The second kappa shape index (κ2) is 7.96. The van der Waals surface area contributed by atoms with Gasteiger partial charge in [0, 0.05) is 30.3 Å². The molecular weight excluding hydrogens is 374 g/mol. The Bertz CT molecular complexity index is 642. The molecule has 2 saturated heterocycles. The molecule has 5 N–H and O–H groups in total. The molecule has 0 spiro atoms. The lowest BCUT2D eigenvalue weighted by atomic mass is 9.79. The van der Waals surface area contributed by atoms with Crippen molar-refractivity contribution in [1.82, 2.24) is 15.5 Å². The Balaban J connectivity index is 1.75. The summed E-state index contributed by atoms with van der Waals surface area (Å²) in [4.78, 5) is 25.7. The SMILES string of the molecule is CNC[C@H](O)[C@@H]1C[C@H](SC2=C(OC(=O)O)N3C(=O)[C@H]([C@@H](C)O)[C@@H]3[C@H]2C)CN1. The lowest BCUT2D eigenvalue weighted by molar-refractivity contribution is -0.163. The van der Waals surface area contributed by atoms with Crippen molar-refractivity contribution in [3.63, 3.8) is 0 Å². The van der Waals surface area contributed by atoms with Crippen LogP contribution in [-0.4, -0.2) is 82.0 Å². The molecule has 0 saturated carbocycles. The van der Waals surface area contributed by atoms with E-state index in [0.29, 0.717) is 13.1 Å². The van der Waals surface area contributed by atoms with Crippen molar-refractivity contribution in [3.8, 4) is 0 Å². The highest BCUT2D eigenvalue weighted by molar-refractivity contribution is 8.03. The third-order valence-corrected chi connectivity index (χ3v) is 7.04. The predicted octanol–water partition coefficient (Wildman–Crippen LogP) is -0.248. The lowest BCUT2D eigenvalue weighted by Crippen LogP contribution is -2.63. The van der Waals surface area contributed by atoms with E-state index in [2.05, 4.69) is 10.6 Å². The molecule has 0 unspecified atom stereocenters. The first kappa shape index (κ1) is 20.4. The highest BCUT2D eigenvalue weighted by Crippen LogP contribution is 2.52.